The Balaban J connectivity index is 1.60. The van der Waals surface area contributed by atoms with Gasteiger partial charge in [0.1, 0.15) is 0 Å². The first-order valence-corrected chi connectivity index (χ1v) is 7.50. The van der Waals surface area contributed by atoms with Crippen molar-refractivity contribution in [3.63, 3.8) is 0 Å². The molecule has 0 aliphatic carbocycles. The van der Waals surface area contributed by atoms with Crippen LogP contribution in [0, 0.1) is 6.92 Å². The molecule has 0 saturated carbocycles. The van der Waals surface area contributed by atoms with Gasteiger partial charge in [-0.15, -0.1) is 0 Å². The van der Waals surface area contributed by atoms with Crippen molar-refractivity contribution in [3.8, 4) is 0 Å². The van der Waals surface area contributed by atoms with Crippen LogP contribution in [0.3, 0.4) is 0 Å². The average Bonchev–Trinajstić information content (AvgIpc) is 2.80. The van der Waals surface area contributed by atoms with Crippen LogP contribution in [0.25, 0.3) is 0 Å². The normalized spacial score (nSPS) is 14.8. The Hall–Kier alpha value is -2.66. The molecule has 0 fully saturated rings. The fraction of sp³-hybridized carbons (Fsp3) is 0.222. The summed E-state index contributed by atoms with van der Waals surface area (Å²) in [5.74, 6) is -0.694. The molecule has 118 valence electrons. The van der Waals surface area contributed by atoms with E-state index < -0.39 is 6.10 Å². The second-order valence-electron chi connectivity index (χ2n) is 5.67. The predicted octanol–water partition coefficient (Wildman–Crippen LogP) is 2.06. The SMILES string of the molecule is Cc1ccc(NC[C@@H](O)CN2C(=O)c3ccccc3C2=O)cc1. The van der Waals surface area contributed by atoms with Crippen molar-refractivity contribution in [2.24, 2.45) is 0 Å². The predicted molar refractivity (Wildman–Crippen MR) is 87.5 cm³/mol. The Morgan fingerprint density at radius 2 is 1.57 bits per heavy atom. The Kier molecular flexibility index (Phi) is 4.12. The lowest BCUT2D eigenvalue weighted by Gasteiger charge is -2.19. The number of fused-ring (bicyclic) bond motifs is 1. The maximum absolute atomic E-state index is 12.2. The van der Waals surface area contributed by atoms with Crippen LogP contribution in [0.4, 0.5) is 5.69 Å². The molecule has 3 rings (SSSR count). The number of nitrogens with one attached hydrogen (secondary N) is 1. The van der Waals surface area contributed by atoms with E-state index in [1.54, 1.807) is 24.3 Å². The number of benzene rings is 2. The lowest BCUT2D eigenvalue weighted by Crippen LogP contribution is -2.39. The Bertz CT molecular complexity index is 705. The topological polar surface area (TPSA) is 69.6 Å². The highest BCUT2D eigenvalue weighted by atomic mass is 16.3. The number of hydrogen-bond donors (Lipinski definition) is 2. The number of hydrogen-bond acceptors (Lipinski definition) is 4. The first-order chi connectivity index (χ1) is 11.1. The molecular formula is C18H18N2O3. The maximum Gasteiger partial charge on any atom is 0.261 e. The van der Waals surface area contributed by atoms with Crippen molar-refractivity contribution < 1.29 is 14.7 Å². The van der Waals surface area contributed by atoms with Crippen LogP contribution in [0.15, 0.2) is 48.5 Å². The number of aliphatic hydroxyl groups is 1. The van der Waals surface area contributed by atoms with E-state index in [0.717, 1.165) is 16.2 Å². The zero-order chi connectivity index (χ0) is 16.4. The van der Waals surface area contributed by atoms with Gasteiger partial charge in [-0.1, -0.05) is 29.8 Å². The Morgan fingerprint density at radius 1 is 1.00 bits per heavy atom. The van der Waals surface area contributed by atoms with E-state index >= 15 is 0 Å². The van der Waals surface area contributed by atoms with Crippen molar-refractivity contribution in [2.75, 3.05) is 18.4 Å². The Morgan fingerprint density at radius 3 is 2.13 bits per heavy atom. The summed E-state index contributed by atoms with van der Waals surface area (Å²) in [6.45, 7) is 2.24. The number of carbonyl (C=O) groups excluding carboxylic acids is 2. The van der Waals surface area contributed by atoms with Crippen molar-refractivity contribution in [2.45, 2.75) is 13.0 Å². The molecule has 2 aromatic carbocycles. The van der Waals surface area contributed by atoms with Crippen molar-refractivity contribution >= 4 is 17.5 Å². The van der Waals surface area contributed by atoms with Gasteiger partial charge < -0.3 is 10.4 Å². The molecule has 1 aliphatic rings. The van der Waals surface area contributed by atoms with E-state index in [9.17, 15) is 14.7 Å². The van der Waals surface area contributed by atoms with Crippen molar-refractivity contribution in [3.05, 3.63) is 65.2 Å². The minimum absolute atomic E-state index is 0.0226. The number of imide groups is 1. The molecule has 0 aromatic heterocycles. The van der Waals surface area contributed by atoms with Crippen LogP contribution in [0.1, 0.15) is 26.3 Å². The summed E-state index contributed by atoms with van der Waals surface area (Å²) >= 11 is 0. The number of amides is 2. The van der Waals surface area contributed by atoms with Gasteiger partial charge in [-0.05, 0) is 31.2 Å². The summed E-state index contributed by atoms with van der Waals surface area (Å²) in [5.41, 5.74) is 2.84. The van der Waals surface area contributed by atoms with Crippen molar-refractivity contribution in [1.82, 2.24) is 4.90 Å². The number of aliphatic hydroxyl groups excluding tert-OH is 1. The molecular weight excluding hydrogens is 292 g/mol. The second kappa shape index (κ2) is 6.22. The van der Waals surface area contributed by atoms with E-state index in [1.165, 1.54) is 0 Å². The van der Waals surface area contributed by atoms with Gasteiger partial charge in [0.05, 0.1) is 23.8 Å². The van der Waals surface area contributed by atoms with Gasteiger partial charge in [0.25, 0.3) is 11.8 Å². The number of anilines is 1. The van der Waals surface area contributed by atoms with Crippen molar-refractivity contribution in [1.29, 1.82) is 0 Å². The van der Waals surface area contributed by atoms with Gasteiger partial charge in [0, 0.05) is 12.2 Å². The lowest BCUT2D eigenvalue weighted by molar-refractivity contribution is 0.0558. The number of nitrogens with zero attached hydrogens (tertiary/aromatic N) is 1. The van der Waals surface area contributed by atoms with Crippen LogP contribution in [0.5, 0.6) is 0 Å². The maximum atomic E-state index is 12.2. The third-order valence-corrected chi connectivity index (χ3v) is 3.86. The third-order valence-electron chi connectivity index (χ3n) is 3.86. The standard InChI is InChI=1S/C18H18N2O3/c1-12-6-8-13(9-7-12)19-10-14(21)11-20-17(22)15-4-2-3-5-16(15)18(20)23/h2-9,14,19,21H,10-11H2,1H3/t14-/m1/s1. The summed E-state index contributed by atoms with van der Waals surface area (Å²) in [5, 5.41) is 13.2. The molecule has 0 spiro atoms. The minimum atomic E-state index is -0.835. The lowest BCUT2D eigenvalue weighted by atomic mass is 10.1. The number of aryl methyl sites for hydroxylation is 1. The van der Waals surface area contributed by atoms with E-state index in [-0.39, 0.29) is 24.9 Å². The number of rotatable bonds is 5. The molecule has 23 heavy (non-hydrogen) atoms. The highest BCUT2D eigenvalue weighted by Gasteiger charge is 2.35. The molecule has 2 N–H and O–H groups in total. The minimum Gasteiger partial charge on any atom is -0.389 e. The van der Waals surface area contributed by atoms with Gasteiger partial charge in [0.2, 0.25) is 0 Å². The van der Waals surface area contributed by atoms with Gasteiger partial charge in [-0.25, -0.2) is 0 Å². The smallest absolute Gasteiger partial charge is 0.261 e. The summed E-state index contributed by atoms with van der Waals surface area (Å²) in [4.78, 5) is 25.6. The van der Waals surface area contributed by atoms with Gasteiger partial charge in [-0.2, -0.15) is 0 Å². The van der Waals surface area contributed by atoms with Crippen LogP contribution in [0.2, 0.25) is 0 Å². The Labute approximate surface area is 134 Å². The highest BCUT2D eigenvalue weighted by Crippen LogP contribution is 2.22. The first kappa shape index (κ1) is 15.2. The van der Waals surface area contributed by atoms with E-state index in [1.807, 2.05) is 31.2 Å². The summed E-state index contributed by atoms with van der Waals surface area (Å²) in [6, 6.07) is 14.5. The average molecular weight is 310 g/mol. The third kappa shape index (κ3) is 3.10. The molecule has 0 saturated heterocycles. The van der Waals surface area contributed by atoms with E-state index in [0.29, 0.717) is 11.1 Å². The fourth-order valence-corrected chi connectivity index (χ4v) is 2.59. The summed E-state index contributed by atoms with van der Waals surface area (Å²) in [7, 11) is 0. The quantitative estimate of drug-likeness (QED) is 0.830. The molecule has 1 atom stereocenters. The molecule has 2 amide bonds. The van der Waals surface area contributed by atoms with Crippen LogP contribution >= 0.6 is 0 Å². The molecule has 0 radical (unpaired) electrons. The van der Waals surface area contributed by atoms with Gasteiger partial charge in [0.15, 0.2) is 0 Å². The van der Waals surface area contributed by atoms with Crippen LogP contribution in [-0.2, 0) is 0 Å². The van der Waals surface area contributed by atoms with Gasteiger partial charge in [-0.3, -0.25) is 14.5 Å². The second-order valence-corrected chi connectivity index (χ2v) is 5.67. The zero-order valence-corrected chi connectivity index (χ0v) is 12.8. The van der Waals surface area contributed by atoms with E-state index in [2.05, 4.69) is 5.32 Å². The monoisotopic (exact) mass is 310 g/mol. The molecule has 2 aromatic rings. The highest BCUT2D eigenvalue weighted by molar-refractivity contribution is 6.21. The number of β-amino-alcohol motifs (C(OH)–C–C–N with tert-alkyl or cyclic N) is 1. The summed E-state index contributed by atoms with van der Waals surface area (Å²) < 4.78 is 0. The number of carbonyl (C=O) groups is 2. The van der Waals surface area contributed by atoms with E-state index in [4.69, 9.17) is 0 Å². The van der Waals surface area contributed by atoms with Gasteiger partial charge >= 0.3 is 0 Å². The fourth-order valence-electron chi connectivity index (χ4n) is 2.59. The zero-order valence-electron chi connectivity index (χ0n) is 12.8. The van der Waals surface area contributed by atoms with Crippen LogP contribution in [-0.4, -0.2) is 41.0 Å². The molecule has 5 heteroatoms. The molecule has 1 aliphatic heterocycles. The summed E-state index contributed by atoms with van der Waals surface area (Å²) in [6.07, 6.45) is -0.835. The molecule has 1 heterocycles. The van der Waals surface area contributed by atoms with Crippen LogP contribution < -0.4 is 5.32 Å². The molecule has 0 unspecified atom stereocenters. The molecule has 5 nitrogen and oxygen atoms in total. The largest absolute Gasteiger partial charge is 0.389 e. The molecule has 0 bridgehead atoms. The first-order valence-electron chi connectivity index (χ1n) is 7.50.